The van der Waals surface area contributed by atoms with Crippen LogP contribution in [0.5, 0.6) is 0 Å². The number of hydrogen-bond donors (Lipinski definition) is 1. The molecule has 0 aliphatic carbocycles. The maximum absolute atomic E-state index is 12.1. The number of nitrogens with zero attached hydrogens (tertiary/aromatic N) is 4. The standard InChI is InChI=1S/C20H16N4O3/c25-17-10-9-15(21-24(17)13-11-18(26)27)19-16-8-4-5-12-23(16)22-20(19)14-6-2-1-3-7-14/h1-10,12H,11,13H2,(H,26,27). The van der Waals surface area contributed by atoms with E-state index in [2.05, 4.69) is 10.2 Å². The number of hydrogen-bond acceptors (Lipinski definition) is 4. The van der Waals surface area contributed by atoms with E-state index in [1.165, 1.54) is 10.7 Å². The summed E-state index contributed by atoms with van der Waals surface area (Å²) < 4.78 is 2.96. The first-order chi connectivity index (χ1) is 13.1. The number of pyridine rings is 1. The molecule has 0 unspecified atom stereocenters. The van der Waals surface area contributed by atoms with Gasteiger partial charge >= 0.3 is 5.97 Å². The van der Waals surface area contributed by atoms with Crippen LogP contribution in [0.15, 0.2) is 71.7 Å². The van der Waals surface area contributed by atoms with Crippen LogP contribution in [0.4, 0.5) is 0 Å². The minimum atomic E-state index is -0.977. The molecule has 0 fully saturated rings. The molecular weight excluding hydrogens is 344 g/mol. The second kappa shape index (κ2) is 6.87. The molecule has 0 bridgehead atoms. The lowest BCUT2D eigenvalue weighted by molar-refractivity contribution is -0.137. The van der Waals surface area contributed by atoms with E-state index in [0.717, 1.165) is 22.3 Å². The highest BCUT2D eigenvalue weighted by Crippen LogP contribution is 2.33. The van der Waals surface area contributed by atoms with Crippen molar-refractivity contribution in [3.63, 3.8) is 0 Å². The van der Waals surface area contributed by atoms with Gasteiger partial charge in [0.05, 0.1) is 29.7 Å². The lowest BCUT2D eigenvalue weighted by Crippen LogP contribution is -2.23. The largest absolute Gasteiger partial charge is 0.481 e. The smallest absolute Gasteiger partial charge is 0.305 e. The van der Waals surface area contributed by atoms with Crippen molar-refractivity contribution in [2.45, 2.75) is 13.0 Å². The molecule has 0 aliphatic heterocycles. The van der Waals surface area contributed by atoms with E-state index < -0.39 is 5.97 Å². The molecule has 7 heteroatoms. The molecule has 0 atom stereocenters. The maximum Gasteiger partial charge on any atom is 0.305 e. The molecule has 4 aromatic rings. The number of carboxylic acid groups (broad SMARTS) is 1. The molecule has 3 heterocycles. The molecule has 1 N–H and O–H groups in total. The topological polar surface area (TPSA) is 89.5 Å². The summed E-state index contributed by atoms with van der Waals surface area (Å²) >= 11 is 0. The van der Waals surface area contributed by atoms with Crippen LogP contribution in [0.2, 0.25) is 0 Å². The second-order valence-corrected chi connectivity index (χ2v) is 6.04. The average molecular weight is 360 g/mol. The summed E-state index contributed by atoms with van der Waals surface area (Å²) in [5.74, 6) is -0.977. The van der Waals surface area contributed by atoms with Crippen molar-refractivity contribution in [3.05, 3.63) is 77.2 Å². The predicted molar refractivity (Wildman–Crippen MR) is 100 cm³/mol. The Bertz CT molecular complexity index is 1180. The quantitative estimate of drug-likeness (QED) is 0.591. The Hall–Kier alpha value is -3.74. The van der Waals surface area contributed by atoms with Crippen molar-refractivity contribution in [2.75, 3.05) is 0 Å². The molecule has 7 nitrogen and oxygen atoms in total. The molecule has 3 aromatic heterocycles. The summed E-state index contributed by atoms with van der Waals surface area (Å²) in [6.07, 6.45) is 1.68. The van der Waals surface area contributed by atoms with Gasteiger partial charge in [0.2, 0.25) is 0 Å². The fraction of sp³-hybridized carbons (Fsp3) is 0.100. The molecule has 0 amide bonds. The fourth-order valence-electron chi connectivity index (χ4n) is 2.99. The lowest BCUT2D eigenvalue weighted by atomic mass is 10.0. The van der Waals surface area contributed by atoms with Crippen LogP contribution in [0.3, 0.4) is 0 Å². The van der Waals surface area contributed by atoms with Crippen LogP contribution in [-0.4, -0.2) is 30.5 Å². The Kier molecular flexibility index (Phi) is 4.25. The summed E-state index contributed by atoms with van der Waals surface area (Å²) in [6, 6.07) is 18.5. The van der Waals surface area contributed by atoms with Crippen LogP contribution in [0.1, 0.15) is 6.42 Å². The molecule has 0 spiro atoms. The Morgan fingerprint density at radius 3 is 2.52 bits per heavy atom. The third-order valence-corrected chi connectivity index (χ3v) is 4.25. The first kappa shape index (κ1) is 16.7. The van der Waals surface area contributed by atoms with Crippen LogP contribution < -0.4 is 5.56 Å². The second-order valence-electron chi connectivity index (χ2n) is 6.04. The number of aromatic nitrogens is 4. The maximum atomic E-state index is 12.1. The average Bonchev–Trinajstić information content (AvgIpc) is 3.07. The summed E-state index contributed by atoms with van der Waals surface area (Å²) in [7, 11) is 0. The number of rotatable bonds is 5. The van der Waals surface area contributed by atoms with E-state index in [0.29, 0.717) is 5.69 Å². The van der Waals surface area contributed by atoms with Crippen LogP contribution >= 0.6 is 0 Å². The summed E-state index contributed by atoms with van der Waals surface area (Å²) in [5, 5.41) is 18.0. The Labute approximate surface area is 154 Å². The van der Waals surface area contributed by atoms with Gasteiger partial charge in [-0.15, -0.1) is 0 Å². The van der Waals surface area contributed by atoms with Gasteiger partial charge in [-0.05, 0) is 18.2 Å². The molecule has 0 radical (unpaired) electrons. The van der Waals surface area contributed by atoms with Crippen LogP contribution in [0.25, 0.3) is 28.0 Å². The highest BCUT2D eigenvalue weighted by molar-refractivity contribution is 5.90. The third kappa shape index (κ3) is 3.22. The first-order valence-electron chi connectivity index (χ1n) is 8.46. The lowest BCUT2D eigenvalue weighted by Gasteiger charge is -2.07. The van der Waals surface area contributed by atoms with E-state index in [9.17, 15) is 9.59 Å². The highest BCUT2D eigenvalue weighted by atomic mass is 16.4. The van der Waals surface area contributed by atoms with E-state index in [-0.39, 0.29) is 18.5 Å². The van der Waals surface area contributed by atoms with Gasteiger partial charge < -0.3 is 5.11 Å². The molecule has 1 aromatic carbocycles. The van der Waals surface area contributed by atoms with Crippen molar-refractivity contribution < 1.29 is 9.90 Å². The zero-order chi connectivity index (χ0) is 18.8. The van der Waals surface area contributed by atoms with Gasteiger partial charge in [0.15, 0.2) is 0 Å². The third-order valence-electron chi connectivity index (χ3n) is 4.25. The predicted octanol–water partition coefficient (Wildman–Crippen LogP) is 2.70. The number of benzene rings is 1. The van der Waals surface area contributed by atoms with Gasteiger partial charge in [-0.25, -0.2) is 9.20 Å². The summed E-state index contributed by atoms with van der Waals surface area (Å²) in [4.78, 5) is 22.9. The van der Waals surface area contributed by atoms with Crippen molar-refractivity contribution in [1.82, 2.24) is 19.4 Å². The number of carbonyl (C=O) groups is 1. The first-order valence-corrected chi connectivity index (χ1v) is 8.46. The van der Waals surface area contributed by atoms with E-state index in [4.69, 9.17) is 5.11 Å². The van der Waals surface area contributed by atoms with E-state index in [1.54, 1.807) is 10.6 Å². The molecule has 0 saturated heterocycles. The van der Waals surface area contributed by atoms with Gasteiger partial charge in [-0.2, -0.15) is 10.2 Å². The summed E-state index contributed by atoms with van der Waals surface area (Å²) in [6.45, 7) is 0.0158. The molecule has 134 valence electrons. The van der Waals surface area contributed by atoms with Gasteiger partial charge in [0, 0.05) is 17.8 Å². The van der Waals surface area contributed by atoms with E-state index in [1.807, 2.05) is 54.7 Å². The number of aliphatic carboxylic acids is 1. The van der Waals surface area contributed by atoms with Gasteiger partial charge in [0.1, 0.15) is 5.69 Å². The Balaban J connectivity index is 1.92. The molecule has 27 heavy (non-hydrogen) atoms. The van der Waals surface area contributed by atoms with Crippen molar-refractivity contribution >= 4 is 11.5 Å². The van der Waals surface area contributed by atoms with Crippen LogP contribution in [-0.2, 0) is 11.3 Å². The molecular formula is C20H16N4O3. The Morgan fingerprint density at radius 1 is 0.963 bits per heavy atom. The zero-order valence-corrected chi connectivity index (χ0v) is 14.3. The normalized spacial score (nSPS) is 11.0. The molecule has 4 rings (SSSR count). The number of aryl methyl sites for hydroxylation is 1. The van der Waals surface area contributed by atoms with Crippen molar-refractivity contribution in [2.24, 2.45) is 0 Å². The van der Waals surface area contributed by atoms with Crippen molar-refractivity contribution in [3.8, 4) is 22.5 Å². The number of carboxylic acids is 1. The fourth-order valence-corrected chi connectivity index (χ4v) is 2.99. The highest BCUT2D eigenvalue weighted by Gasteiger charge is 2.18. The van der Waals surface area contributed by atoms with Gasteiger partial charge in [0.25, 0.3) is 5.56 Å². The van der Waals surface area contributed by atoms with Crippen molar-refractivity contribution in [1.29, 1.82) is 0 Å². The number of fused-ring (bicyclic) bond motifs is 1. The molecule has 0 saturated carbocycles. The van der Waals surface area contributed by atoms with E-state index >= 15 is 0 Å². The minimum Gasteiger partial charge on any atom is -0.481 e. The zero-order valence-electron chi connectivity index (χ0n) is 14.3. The minimum absolute atomic E-state index is 0.0158. The van der Waals surface area contributed by atoms with Gasteiger partial charge in [-0.1, -0.05) is 36.4 Å². The Morgan fingerprint density at radius 2 is 1.74 bits per heavy atom. The van der Waals surface area contributed by atoms with Gasteiger partial charge in [-0.3, -0.25) is 9.59 Å². The summed E-state index contributed by atoms with van der Waals surface area (Å²) in [5.41, 5.74) is 3.56. The SMILES string of the molecule is O=C(O)CCn1nc(-c2c(-c3ccccc3)nn3ccccc23)ccc1=O. The monoisotopic (exact) mass is 360 g/mol. The van der Waals surface area contributed by atoms with Crippen LogP contribution in [0, 0.1) is 0 Å². The molecule has 0 aliphatic rings.